The number of nitrogens with two attached hydrogens (primary N) is 1. The second kappa shape index (κ2) is 5.22. The molecule has 0 amide bonds. The smallest absolute Gasteiger partial charge is 0.282 e. The summed E-state index contributed by atoms with van der Waals surface area (Å²) in [5.41, 5.74) is 5.66. The third-order valence-electron chi connectivity index (χ3n) is 3.93. The van der Waals surface area contributed by atoms with Crippen LogP contribution < -0.4 is 5.73 Å². The first-order valence-corrected chi connectivity index (χ1v) is 7.95. The summed E-state index contributed by atoms with van der Waals surface area (Å²) in [7, 11) is -3.29. The van der Waals surface area contributed by atoms with E-state index in [0.29, 0.717) is 19.6 Å². The van der Waals surface area contributed by atoms with Crippen LogP contribution >= 0.6 is 0 Å². The van der Waals surface area contributed by atoms with E-state index in [1.807, 2.05) is 6.92 Å². The van der Waals surface area contributed by atoms with E-state index < -0.39 is 10.2 Å². The SMILES string of the molecule is CC1CCCCN1S(=O)(=O)N1CCCC1CN. The number of nitrogens with zero attached hydrogens (tertiary/aromatic N) is 2. The quantitative estimate of drug-likeness (QED) is 0.806. The van der Waals surface area contributed by atoms with E-state index >= 15 is 0 Å². The Labute approximate surface area is 104 Å². The number of hydrogen-bond acceptors (Lipinski definition) is 3. The molecule has 2 rings (SSSR count). The summed E-state index contributed by atoms with van der Waals surface area (Å²) in [6.07, 6.45) is 4.92. The van der Waals surface area contributed by atoms with E-state index in [0.717, 1.165) is 32.1 Å². The second-order valence-electron chi connectivity index (χ2n) is 5.11. The molecule has 0 aliphatic carbocycles. The van der Waals surface area contributed by atoms with E-state index in [9.17, 15) is 8.42 Å². The van der Waals surface area contributed by atoms with Crippen LogP contribution in [-0.4, -0.2) is 48.7 Å². The molecular formula is C11H23N3O2S. The van der Waals surface area contributed by atoms with Crippen molar-refractivity contribution in [2.75, 3.05) is 19.6 Å². The van der Waals surface area contributed by atoms with Gasteiger partial charge in [-0.1, -0.05) is 6.42 Å². The van der Waals surface area contributed by atoms with Gasteiger partial charge in [0.25, 0.3) is 10.2 Å². The molecule has 0 radical (unpaired) electrons. The molecule has 2 atom stereocenters. The van der Waals surface area contributed by atoms with Crippen molar-refractivity contribution in [1.29, 1.82) is 0 Å². The Kier molecular flexibility index (Phi) is 4.07. The minimum Gasteiger partial charge on any atom is -0.329 e. The first-order valence-electron chi connectivity index (χ1n) is 6.56. The van der Waals surface area contributed by atoms with Crippen molar-refractivity contribution in [1.82, 2.24) is 8.61 Å². The lowest BCUT2D eigenvalue weighted by atomic mass is 10.1. The molecule has 0 saturated carbocycles. The summed E-state index contributed by atoms with van der Waals surface area (Å²) in [5, 5.41) is 0. The zero-order valence-electron chi connectivity index (χ0n) is 10.5. The minimum atomic E-state index is -3.29. The van der Waals surface area contributed by atoms with Gasteiger partial charge in [-0.05, 0) is 32.6 Å². The average molecular weight is 261 g/mol. The highest BCUT2D eigenvalue weighted by Crippen LogP contribution is 2.27. The molecular weight excluding hydrogens is 238 g/mol. The van der Waals surface area contributed by atoms with Crippen molar-refractivity contribution in [2.45, 2.75) is 51.1 Å². The summed E-state index contributed by atoms with van der Waals surface area (Å²) >= 11 is 0. The molecule has 0 bridgehead atoms. The van der Waals surface area contributed by atoms with Crippen LogP contribution in [0.1, 0.15) is 39.0 Å². The van der Waals surface area contributed by atoms with Crippen LogP contribution in [0.15, 0.2) is 0 Å². The molecule has 2 N–H and O–H groups in total. The van der Waals surface area contributed by atoms with Crippen LogP contribution in [0.5, 0.6) is 0 Å². The van der Waals surface area contributed by atoms with Gasteiger partial charge in [0.05, 0.1) is 0 Å². The maximum Gasteiger partial charge on any atom is 0.282 e. The molecule has 6 heteroatoms. The fourth-order valence-electron chi connectivity index (χ4n) is 2.90. The van der Waals surface area contributed by atoms with E-state index in [-0.39, 0.29) is 12.1 Å². The van der Waals surface area contributed by atoms with E-state index in [4.69, 9.17) is 5.73 Å². The molecule has 2 fully saturated rings. The van der Waals surface area contributed by atoms with Crippen molar-refractivity contribution >= 4 is 10.2 Å². The van der Waals surface area contributed by atoms with Gasteiger partial charge in [0.15, 0.2) is 0 Å². The standard InChI is InChI=1S/C11H23N3O2S/c1-10-5-2-3-7-13(10)17(15,16)14-8-4-6-11(14)9-12/h10-11H,2-9,12H2,1H3. The largest absolute Gasteiger partial charge is 0.329 e. The topological polar surface area (TPSA) is 66.6 Å². The molecule has 2 unspecified atom stereocenters. The lowest BCUT2D eigenvalue weighted by Gasteiger charge is -2.36. The Morgan fingerprint density at radius 1 is 1.12 bits per heavy atom. The molecule has 2 saturated heterocycles. The molecule has 0 aromatic carbocycles. The van der Waals surface area contributed by atoms with E-state index in [1.54, 1.807) is 8.61 Å². The predicted octanol–water partition coefficient (Wildman–Crippen LogP) is 0.529. The average Bonchev–Trinajstić information content (AvgIpc) is 2.78. The molecule has 0 aromatic rings. The molecule has 2 aliphatic heterocycles. The summed E-state index contributed by atoms with van der Waals surface area (Å²) in [6.45, 7) is 3.73. The number of hydrogen-bond donors (Lipinski definition) is 1. The van der Waals surface area contributed by atoms with Gasteiger partial charge in [-0.25, -0.2) is 0 Å². The van der Waals surface area contributed by atoms with E-state index in [1.165, 1.54) is 0 Å². The third-order valence-corrected chi connectivity index (χ3v) is 6.14. The van der Waals surface area contributed by atoms with Crippen LogP contribution in [-0.2, 0) is 10.2 Å². The summed E-state index contributed by atoms with van der Waals surface area (Å²) < 4.78 is 28.4. The van der Waals surface area contributed by atoms with Gasteiger partial charge in [0, 0.05) is 31.7 Å². The van der Waals surface area contributed by atoms with Crippen molar-refractivity contribution in [3.63, 3.8) is 0 Å². The summed E-state index contributed by atoms with van der Waals surface area (Å²) in [4.78, 5) is 0. The van der Waals surface area contributed by atoms with Gasteiger partial charge >= 0.3 is 0 Å². The first-order chi connectivity index (χ1) is 8.07. The summed E-state index contributed by atoms with van der Waals surface area (Å²) in [5.74, 6) is 0. The molecule has 5 nitrogen and oxygen atoms in total. The van der Waals surface area contributed by atoms with Crippen LogP contribution in [0.4, 0.5) is 0 Å². The highest BCUT2D eigenvalue weighted by molar-refractivity contribution is 7.86. The van der Waals surface area contributed by atoms with Crippen molar-refractivity contribution in [3.05, 3.63) is 0 Å². The van der Waals surface area contributed by atoms with Gasteiger partial charge < -0.3 is 5.73 Å². The molecule has 0 aromatic heterocycles. The van der Waals surface area contributed by atoms with Gasteiger partial charge in [0.2, 0.25) is 0 Å². The van der Waals surface area contributed by atoms with Crippen LogP contribution in [0, 0.1) is 0 Å². The Balaban J connectivity index is 2.17. The Bertz CT molecular complexity index is 350. The Hall–Kier alpha value is -0.170. The normalized spacial score (nSPS) is 33.1. The highest BCUT2D eigenvalue weighted by Gasteiger charge is 2.39. The lowest BCUT2D eigenvalue weighted by Crippen LogP contribution is -2.52. The zero-order valence-corrected chi connectivity index (χ0v) is 11.3. The Morgan fingerprint density at radius 3 is 2.47 bits per heavy atom. The molecule has 2 heterocycles. The molecule has 2 aliphatic rings. The summed E-state index contributed by atoms with van der Waals surface area (Å²) in [6, 6.07) is 0.141. The van der Waals surface area contributed by atoms with Gasteiger partial charge in [-0.15, -0.1) is 0 Å². The molecule has 17 heavy (non-hydrogen) atoms. The van der Waals surface area contributed by atoms with Crippen LogP contribution in [0.3, 0.4) is 0 Å². The number of piperidine rings is 1. The third kappa shape index (κ3) is 2.50. The minimum absolute atomic E-state index is 0.00845. The fourth-order valence-corrected chi connectivity index (χ4v) is 5.02. The zero-order chi connectivity index (χ0) is 12.5. The molecule has 0 spiro atoms. The van der Waals surface area contributed by atoms with Gasteiger partial charge in [-0.2, -0.15) is 17.0 Å². The van der Waals surface area contributed by atoms with Crippen LogP contribution in [0.25, 0.3) is 0 Å². The number of rotatable bonds is 3. The van der Waals surface area contributed by atoms with Gasteiger partial charge in [-0.3, -0.25) is 0 Å². The van der Waals surface area contributed by atoms with Gasteiger partial charge in [0.1, 0.15) is 0 Å². The van der Waals surface area contributed by atoms with Crippen molar-refractivity contribution in [2.24, 2.45) is 5.73 Å². The highest BCUT2D eigenvalue weighted by atomic mass is 32.2. The maximum atomic E-state index is 12.6. The Morgan fingerprint density at radius 2 is 1.82 bits per heavy atom. The predicted molar refractivity (Wildman–Crippen MR) is 67.7 cm³/mol. The van der Waals surface area contributed by atoms with Crippen LogP contribution in [0.2, 0.25) is 0 Å². The second-order valence-corrected chi connectivity index (χ2v) is 6.94. The molecule has 100 valence electrons. The lowest BCUT2D eigenvalue weighted by molar-refractivity contribution is 0.241. The maximum absolute atomic E-state index is 12.6. The van der Waals surface area contributed by atoms with Crippen molar-refractivity contribution in [3.8, 4) is 0 Å². The van der Waals surface area contributed by atoms with Crippen molar-refractivity contribution < 1.29 is 8.42 Å². The monoisotopic (exact) mass is 261 g/mol. The fraction of sp³-hybridized carbons (Fsp3) is 1.00. The first kappa shape index (κ1) is 13.3. The van der Waals surface area contributed by atoms with E-state index in [2.05, 4.69) is 0 Å².